The molecule has 25 heavy (non-hydrogen) atoms. The standard InChI is InChI=1S/C23H36O2/c1-14(24)16-7-8-17-15-6-9-19-21(2,3)20(25)11-13-23(19,5)18(15)10-12-22(16,17)4/h8,14,16,19-20,24-25H,6-7,9-13H2,1-5H3/t14-,16+,19-,20-,22+,23+/m0/s1. The Labute approximate surface area is 153 Å². The second-order valence-corrected chi connectivity index (χ2v) is 10.5. The van der Waals surface area contributed by atoms with Crippen LogP contribution in [0.3, 0.4) is 0 Å². The molecule has 1 fully saturated rings. The first-order valence-corrected chi connectivity index (χ1v) is 10.4. The van der Waals surface area contributed by atoms with Crippen LogP contribution in [-0.4, -0.2) is 22.4 Å². The average Bonchev–Trinajstić information content (AvgIpc) is 2.89. The average molecular weight is 345 g/mol. The zero-order chi connectivity index (χ0) is 18.2. The lowest BCUT2D eigenvalue weighted by Crippen LogP contribution is -2.53. The van der Waals surface area contributed by atoms with Gasteiger partial charge in [0.25, 0.3) is 0 Å². The number of allylic oxidation sites excluding steroid dienone is 4. The van der Waals surface area contributed by atoms with E-state index in [4.69, 9.17) is 0 Å². The first-order chi connectivity index (χ1) is 11.6. The van der Waals surface area contributed by atoms with Crippen LogP contribution in [0.15, 0.2) is 22.8 Å². The van der Waals surface area contributed by atoms with Crippen molar-refractivity contribution in [2.24, 2.45) is 28.1 Å². The van der Waals surface area contributed by atoms with Crippen molar-refractivity contribution < 1.29 is 10.2 Å². The molecule has 0 saturated heterocycles. The monoisotopic (exact) mass is 344 g/mol. The maximum Gasteiger partial charge on any atom is 0.0594 e. The molecule has 2 nitrogen and oxygen atoms in total. The first-order valence-electron chi connectivity index (χ1n) is 10.4. The summed E-state index contributed by atoms with van der Waals surface area (Å²) in [7, 11) is 0. The predicted molar refractivity (Wildman–Crippen MR) is 102 cm³/mol. The van der Waals surface area contributed by atoms with Crippen LogP contribution in [-0.2, 0) is 0 Å². The molecule has 0 aliphatic heterocycles. The van der Waals surface area contributed by atoms with Crippen molar-refractivity contribution in [2.45, 2.75) is 91.8 Å². The molecule has 6 atom stereocenters. The van der Waals surface area contributed by atoms with Gasteiger partial charge in [-0.15, -0.1) is 0 Å². The van der Waals surface area contributed by atoms with Crippen LogP contribution in [0.25, 0.3) is 0 Å². The van der Waals surface area contributed by atoms with Crippen molar-refractivity contribution in [3.8, 4) is 0 Å². The number of aliphatic hydroxyl groups excluding tert-OH is 2. The van der Waals surface area contributed by atoms with Crippen molar-refractivity contribution in [3.63, 3.8) is 0 Å². The lowest BCUT2D eigenvalue weighted by Gasteiger charge is -2.59. The molecule has 4 aliphatic rings. The highest BCUT2D eigenvalue weighted by atomic mass is 16.3. The van der Waals surface area contributed by atoms with Gasteiger partial charge in [0, 0.05) is 0 Å². The minimum atomic E-state index is -0.225. The molecule has 2 heteroatoms. The highest BCUT2D eigenvalue weighted by Gasteiger charge is 2.57. The number of hydrogen-bond acceptors (Lipinski definition) is 2. The largest absolute Gasteiger partial charge is 0.393 e. The Morgan fingerprint density at radius 2 is 1.76 bits per heavy atom. The Balaban J connectivity index is 1.76. The summed E-state index contributed by atoms with van der Waals surface area (Å²) in [6.45, 7) is 11.4. The number of fused-ring (bicyclic) bond motifs is 4. The molecule has 2 N–H and O–H groups in total. The van der Waals surface area contributed by atoms with Crippen molar-refractivity contribution in [1.29, 1.82) is 0 Å². The number of rotatable bonds is 1. The van der Waals surface area contributed by atoms with Crippen LogP contribution in [0, 0.1) is 28.1 Å². The molecule has 0 amide bonds. The number of hydrogen-bond donors (Lipinski definition) is 2. The van der Waals surface area contributed by atoms with Crippen molar-refractivity contribution >= 4 is 0 Å². The Morgan fingerprint density at radius 3 is 2.44 bits per heavy atom. The molecule has 0 unspecified atom stereocenters. The lowest BCUT2D eigenvalue weighted by atomic mass is 9.46. The highest BCUT2D eigenvalue weighted by Crippen LogP contribution is 2.66. The van der Waals surface area contributed by atoms with E-state index in [9.17, 15) is 10.2 Å². The van der Waals surface area contributed by atoms with Crippen LogP contribution in [0.5, 0.6) is 0 Å². The summed E-state index contributed by atoms with van der Waals surface area (Å²) < 4.78 is 0. The Hall–Kier alpha value is -0.600. The third-order valence-electron chi connectivity index (χ3n) is 9.01. The summed E-state index contributed by atoms with van der Waals surface area (Å²) in [6.07, 6.45) is 9.90. The van der Waals surface area contributed by atoms with Gasteiger partial charge in [-0.3, -0.25) is 0 Å². The summed E-state index contributed by atoms with van der Waals surface area (Å²) >= 11 is 0. The zero-order valence-electron chi connectivity index (χ0n) is 16.7. The second kappa shape index (κ2) is 5.45. The topological polar surface area (TPSA) is 40.5 Å². The van der Waals surface area contributed by atoms with E-state index in [1.54, 1.807) is 16.7 Å². The Morgan fingerprint density at radius 1 is 1.04 bits per heavy atom. The summed E-state index contributed by atoms with van der Waals surface area (Å²) in [5.41, 5.74) is 5.35. The molecule has 0 spiro atoms. The molecule has 0 aromatic rings. The first kappa shape index (κ1) is 17.8. The van der Waals surface area contributed by atoms with E-state index < -0.39 is 0 Å². The van der Waals surface area contributed by atoms with E-state index in [1.165, 1.54) is 25.7 Å². The van der Waals surface area contributed by atoms with Gasteiger partial charge in [-0.05, 0) is 91.1 Å². The predicted octanol–water partition coefficient (Wildman–Crippen LogP) is 5.01. The fraction of sp³-hybridized carbons (Fsp3) is 0.826. The van der Waals surface area contributed by atoms with E-state index in [-0.39, 0.29) is 28.5 Å². The molecule has 0 aromatic heterocycles. The minimum absolute atomic E-state index is 0.0124. The van der Waals surface area contributed by atoms with Gasteiger partial charge in [0.05, 0.1) is 12.2 Å². The number of aliphatic hydroxyl groups is 2. The van der Waals surface area contributed by atoms with E-state index in [0.29, 0.717) is 11.8 Å². The van der Waals surface area contributed by atoms with Crippen molar-refractivity contribution in [3.05, 3.63) is 22.8 Å². The third kappa shape index (κ3) is 2.22. The molecule has 140 valence electrons. The minimum Gasteiger partial charge on any atom is -0.393 e. The molecular weight excluding hydrogens is 308 g/mol. The SMILES string of the molecule is C[C@H](O)[C@H]1CC=C2C3=C(CC[C@@]21C)[C@@]1(C)CC[C@H](O)C(C)(C)[C@@H]1CC3. The molecular formula is C23H36O2. The van der Waals surface area contributed by atoms with Gasteiger partial charge in [0.1, 0.15) is 0 Å². The van der Waals surface area contributed by atoms with E-state index in [2.05, 4.69) is 33.8 Å². The van der Waals surface area contributed by atoms with Crippen molar-refractivity contribution in [1.82, 2.24) is 0 Å². The summed E-state index contributed by atoms with van der Waals surface area (Å²) in [5.74, 6) is 0.966. The summed E-state index contributed by atoms with van der Waals surface area (Å²) in [6, 6.07) is 0. The van der Waals surface area contributed by atoms with Gasteiger partial charge in [0.2, 0.25) is 0 Å². The lowest BCUT2D eigenvalue weighted by molar-refractivity contribution is -0.0907. The Kier molecular flexibility index (Phi) is 3.88. The van der Waals surface area contributed by atoms with Crippen LogP contribution in [0.1, 0.15) is 79.6 Å². The fourth-order valence-electron chi connectivity index (χ4n) is 7.45. The van der Waals surface area contributed by atoms with E-state index >= 15 is 0 Å². The van der Waals surface area contributed by atoms with E-state index in [0.717, 1.165) is 19.3 Å². The zero-order valence-corrected chi connectivity index (χ0v) is 16.7. The maximum atomic E-state index is 10.6. The summed E-state index contributed by atoms with van der Waals surface area (Å²) in [4.78, 5) is 0. The van der Waals surface area contributed by atoms with Gasteiger partial charge in [0.15, 0.2) is 0 Å². The molecule has 4 rings (SSSR count). The molecule has 0 radical (unpaired) electrons. The fourth-order valence-corrected chi connectivity index (χ4v) is 7.45. The molecule has 0 heterocycles. The molecule has 1 saturated carbocycles. The second-order valence-electron chi connectivity index (χ2n) is 10.5. The maximum absolute atomic E-state index is 10.6. The van der Waals surface area contributed by atoms with Crippen LogP contribution in [0.2, 0.25) is 0 Å². The van der Waals surface area contributed by atoms with Gasteiger partial charge in [-0.2, -0.15) is 0 Å². The van der Waals surface area contributed by atoms with Gasteiger partial charge in [-0.25, -0.2) is 0 Å². The van der Waals surface area contributed by atoms with Gasteiger partial charge < -0.3 is 10.2 Å². The van der Waals surface area contributed by atoms with Gasteiger partial charge in [-0.1, -0.05) is 39.3 Å². The summed E-state index contributed by atoms with van der Waals surface area (Å²) in [5, 5.41) is 20.9. The Bertz CT molecular complexity index is 640. The molecule has 0 bridgehead atoms. The van der Waals surface area contributed by atoms with Crippen molar-refractivity contribution in [2.75, 3.05) is 0 Å². The normalized spacial score (nSPS) is 46.8. The van der Waals surface area contributed by atoms with E-state index in [1.807, 2.05) is 6.92 Å². The van der Waals surface area contributed by atoms with Gasteiger partial charge >= 0.3 is 0 Å². The van der Waals surface area contributed by atoms with Crippen LogP contribution in [0.4, 0.5) is 0 Å². The molecule has 0 aromatic carbocycles. The highest BCUT2D eigenvalue weighted by molar-refractivity contribution is 5.49. The third-order valence-corrected chi connectivity index (χ3v) is 9.01. The quantitative estimate of drug-likeness (QED) is 0.702. The van der Waals surface area contributed by atoms with Crippen LogP contribution < -0.4 is 0 Å². The smallest absolute Gasteiger partial charge is 0.0594 e. The molecule has 4 aliphatic carbocycles. The van der Waals surface area contributed by atoms with Crippen LogP contribution >= 0.6 is 0 Å².